The zero-order valence-electron chi connectivity index (χ0n) is 11.3. The van der Waals surface area contributed by atoms with E-state index in [-0.39, 0.29) is 24.0 Å². The van der Waals surface area contributed by atoms with Crippen LogP contribution in [0, 0.1) is 6.92 Å². The number of hydrogen-bond donors (Lipinski definition) is 2. The molecule has 2 N–H and O–H groups in total. The van der Waals surface area contributed by atoms with Crippen molar-refractivity contribution in [1.29, 1.82) is 0 Å². The maximum absolute atomic E-state index is 4.23. The maximum atomic E-state index is 4.23. The number of rotatable bonds is 6. The highest BCUT2D eigenvalue weighted by molar-refractivity contribution is 14.0. The van der Waals surface area contributed by atoms with Crippen molar-refractivity contribution in [2.45, 2.75) is 39.7 Å². The second-order valence-electron chi connectivity index (χ2n) is 3.92. The molecule has 0 fully saturated rings. The Bertz CT molecular complexity index is 352. The molecule has 0 aliphatic carbocycles. The summed E-state index contributed by atoms with van der Waals surface area (Å²) in [7, 11) is 1.80. The molecule has 0 unspecified atom stereocenters. The lowest BCUT2D eigenvalue weighted by molar-refractivity contribution is 0.683. The lowest BCUT2D eigenvalue weighted by Crippen LogP contribution is -2.37. The highest BCUT2D eigenvalue weighted by Gasteiger charge is 2.02. The Balaban J connectivity index is 0.00000289. The van der Waals surface area contributed by atoms with Gasteiger partial charge in [-0.05, 0) is 13.3 Å². The van der Waals surface area contributed by atoms with Crippen LogP contribution in [0.5, 0.6) is 0 Å². The standard InChI is InChI=1S/C12H22N4S.HI/c1-4-5-6-7-14-12(13-3)15-8-11-10(2)16-9-17-11;/h9H,4-8H2,1-3H3,(H2,13,14,15);1H. The first-order valence-electron chi connectivity index (χ1n) is 6.11. The van der Waals surface area contributed by atoms with Crippen LogP contribution in [-0.2, 0) is 6.54 Å². The molecular weight excluding hydrogens is 359 g/mol. The summed E-state index contributed by atoms with van der Waals surface area (Å²) in [5.41, 5.74) is 2.98. The van der Waals surface area contributed by atoms with Crippen LogP contribution in [0.3, 0.4) is 0 Å². The summed E-state index contributed by atoms with van der Waals surface area (Å²) < 4.78 is 0. The number of nitrogens with zero attached hydrogens (tertiary/aromatic N) is 2. The molecule has 4 nitrogen and oxygen atoms in total. The van der Waals surface area contributed by atoms with Crippen LogP contribution >= 0.6 is 35.3 Å². The van der Waals surface area contributed by atoms with Gasteiger partial charge in [0.25, 0.3) is 0 Å². The Kier molecular flexibility index (Phi) is 10.3. The van der Waals surface area contributed by atoms with Gasteiger partial charge >= 0.3 is 0 Å². The number of aromatic nitrogens is 1. The van der Waals surface area contributed by atoms with Crippen molar-refractivity contribution in [1.82, 2.24) is 15.6 Å². The molecule has 0 saturated carbocycles. The van der Waals surface area contributed by atoms with Crippen molar-refractivity contribution in [2.75, 3.05) is 13.6 Å². The van der Waals surface area contributed by atoms with Gasteiger partial charge in [-0.1, -0.05) is 19.8 Å². The number of halogens is 1. The van der Waals surface area contributed by atoms with E-state index in [1.54, 1.807) is 18.4 Å². The number of thiazole rings is 1. The van der Waals surface area contributed by atoms with Crippen molar-refractivity contribution >= 4 is 41.3 Å². The van der Waals surface area contributed by atoms with Crippen molar-refractivity contribution in [3.05, 3.63) is 16.1 Å². The molecule has 1 aromatic rings. The Hall–Kier alpha value is -0.370. The number of hydrogen-bond acceptors (Lipinski definition) is 3. The van der Waals surface area contributed by atoms with Gasteiger partial charge in [-0.25, -0.2) is 4.98 Å². The van der Waals surface area contributed by atoms with E-state index in [4.69, 9.17) is 0 Å². The molecule has 0 aromatic carbocycles. The van der Waals surface area contributed by atoms with Crippen LogP contribution in [0.15, 0.2) is 10.5 Å². The van der Waals surface area contributed by atoms with Crippen LogP contribution < -0.4 is 10.6 Å². The largest absolute Gasteiger partial charge is 0.356 e. The van der Waals surface area contributed by atoms with Gasteiger partial charge in [0.05, 0.1) is 17.7 Å². The molecule has 0 spiro atoms. The Morgan fingerprint density at radius 2 is 2.17 bits per heavy atom. The summed E-state index contributed by atoms with van der Waals surface area (Å²) in [5.74, 6) is 0.869. The second kappa shape index (κ2) is 10.5. The van der Waals surface area contributed by atoms with E-state index >= 15 is 0 Å². The predicted molar refractivity (Wildman–Crippen MR) is 90.0 cm³/mol. The zero-order valence-corrected chi connectivity index (χ0v) is 14.5. The molecule has 1 heterocycles. The van der Waals surface area contributed by atoms with Crippen LogP contribution in [0.2, 0.25) is 0 Å². The lowest BCUT2D eigenvalue weighted by Gasteiger charge is -2.11. The normalized spacial score (nSPS) is 10.9. The molecule has 104 valence electrons. The van der Waals surface area contributed by atoms with Crippen molar-refractivity contribution in [3.63, 3.8) is 0 Å². The second-order valence-corrected chi connectivity index (χ2v) is 4.86. The first kappa shape index (κ1) is 17.6. The quantitative estimate of drug-likeness (QED) is 0.344. The molecule has 0 bridgehead atoms. The fourth-order valence-electron chi connectivity index (χ4n) is 1.46. The number of aliphatic imine (C=N–C) groups is 1. The van der Waals surface area contributed by atoms with E-state index in [0.29, 0.717) is 0 Å². The fourth-order valence-corrected chi connectivity index (χ4v) is 2.18. The Labute approximate surface area is 131 Å². The Morgan fingerprint density at radius 3 is 2.72 bits per heavy atom. The average molecular weight is 382 g/mol. The maximum Gasteiger partial charge on any atom is 0.191 e. The van der Waals surface area contributed by atoms with Gasteiger partial charge in [0.1, 0.15) is 0 Å². The molecule has 0 radical (unpaired) electrons. The molecule has 0 atom stereocenters. The first-order valence-corrected chi connectivity index (χ1v) is 6.99. The summed E-state index contributed by atoms with van der Waals surface area (Å²) in [6.07, 6.45) is 3.70. The SMILES string of the molecule is CCCCCNC(=NC)NCc1scnc1C.I. The summed E-state index contributed by atoms with van der Waals surface area (Å²) in [4.78, 5) is 9.68. The average Bonchev–Trinajstić information content (AvgIpc) is 2.74. The van der Waals surface area contributed by atoms with E-state index in [9.17, 15) is 0 Å². The van der Waals surface area contributed by atoms with Crippen molar-refractivity contribution in [3.8, 4) is 0 Å². The third-order valence-corrected chi connectivity index (χ3v) is 3.49. The van der Waals surface area contributed by atoms with Gasteiger partial charge in [-0.2, -0.15) is 0 Å². The van der Waals surface area contributed by atoms with E-state index in [1.165, 1.54) is 24.1 Å². The molecular formula is C12H23IN4S. The number of nitrogens with one attached hydrogen (secondary N) is 2. The molecule has 0 amide bonds. The molecule has 0 saturated heterocycles. The minimum absolute atomic E-state index is 0. The molecule has 18 heavy (non-hydrogen) atoms. The predicted octanol–water partition coefficient (Wildman–Crippen LogP) is 2.92. The summed E-state index contributed by atoms with van der Waals surface area (Å²) in [5, 5.41) is 6.61. The Morgan fingerprint density at radius 1 is 1.39 bits per heavy atom. The highest BCUT2D eigenvalue weighted by atomic mass is 127. The summed E-state index contributed by atoms with van der Waals surface area (Å²) in [6.45, 7) is 6.02. The van der Waals surface area contributed by atoms with Gasteiger partial charge in [0, 0.05) is 18.5 Å². The van der Waals surface area contributed by atoms with Crippen molar-refractivity contribution < 1.29 is 0 Å². The topological polar surface area (TPSA) is 49.3 Å². The first-order chi connectivity index (χ1) is 8.27. The van der Waals surface area contributed by atoms with Gasteiger partial charge in [0.2, 0.25) is 0 Å². The minimum atomic E-state index is 0. The van der Waals surface area contributed by atoms with E-state index in [2.05, 4.69) is 27.5 Å². The molecule has 0 aliphatic heterocycles. The van der Waals surface area contributed by atoms with Gasteiger partial charge in [0.15, 0.2) is 5.96 Å². The molecule has 0 aliphatic rings. The van der Waals surface area contributed by atoms with Crippen molar-refractivity contribution in [2.24, 2.45) is 4.99 Å². The monoisotopic (exact) mass is 382 g/mol. The van der Waals surface area contributed by atoms with Gasteiger partial charge in [-0.3, -0.25) is 4.99 Å². The smallest absolute Gasteiger partial charge is 0.191 e. The van der Waals surface area contributed by atoms with Gasteiger partial charge < -0.3 is 10.6 Å². The highest BCUT2D eigenvalue weighted by Crippen LogP contribution is 2.10. The minimum Gasteiger partial charge on any atom is -0.356 e. The number of unbranched alkanes of at least 4 members (excludes halogenated alkanes) is 2. The molecule has 1 aromatic heterocycles. The molecule has 1 rings (SSSR count). The molecule has 6 heteroatoms. The van der Waals surface area contributed by atoms with Crippen LogP contribution in [0.1, 0.15) is 36.8 Å². The third kappa shape index (κ3) is 6.53. The zero-order chi connectivity index (χ0) is 12.5. The van der Waals surface area contributed by atoms with Crippen LogP contribution in [-0.4, -0.2) is 24.5 Å². The van der Waals surface area contributed by atoms with E-state index in [1.807, 2.05) is 12.4 Å². The summed E-state index contributed by atoms with van der Waals surface area (Å²) >= 11 is 1.68. The number of aryl methyl sites for hydroxylation is 1. The van der Waals surface area contributed by atoms with E-state index < -0.39 is 0 Å². The third-order valence-electron chi connectivity index (χ3n) is 2.56. The lowest BCUT2D eigenvalue weighted by atomic mass is 10.2. The van der Waals surface area contributed by atoms with Gasteiger partial charge in [-0.15, -0.1) is 35.3 Å². The van der Waals surface area contributed by atoms with Crippen LogP contribution in [0.4, 0.5) is 0 Å². The van der Waals surface area contributed by atoms with E-state index in [0.717, 1.165) is 24.7 Å². The van der Waals surface area contributed by atoms with Crippen LogP contribution in [0.25, 0.3) is 0 Å². The number of guanidine groups is 1. The fraction of sp³-hybridized carbons (Fsp3) is 0.667. The summed E-state index contributed by atoms with van der Waals surface area (Å²) in [6, 6.07) is 0.